The van der Waals surface area contributed by atoms with Gasteiger partial charge < -0.3 is 5.11 Å². The van der Waals surface area contributed by atoms with Crippen LogP contribution in [0.5, 0.6) is 0 Å². The number of aromatic nitrogens is 3. The highest BCUT2D eigenvalue weighted by Gasteiger charge is 2.16. The highest BCUT2D eigenvalue weighted by atomic mass is 35.5. The largest absolute Gasteiger partial charge is 0.478 e. The summed E-state index contributed by atoms with van der Waals surface area (Å²) < 4.78 is 0.680. The first-order valence-corrected chi connectivity index (χ1v) is 4.81. The van der Waals surface area contributed by atoms with E-state index in [0.29, 0.717) is 4.57 Å². The van der Waals surface area contributed by atoms with Crippen molar-refractivity contribution >= 4 is 17.6 Å². The molecule has 2 rings (SSSR count). The minimum atomic E-state index is -1.28. The maximum atomic E-state index is 11.4. The molecule has 2 aromatic rings. The van der Waals surface area contributed by atoms with Gasteiger partial charge in [-0.3, -0.25) is 0 Å². The predicted molar refractivity (Wildman–Crippen MR) is 59.0 cm³/mol. The van der Waals surface area contributed by atoms with E-state index in [2.05, 4.69) is 10.2 Å². The molecule has 7 nitrogen and oxygen atoms in total. The van der Waals surface area contributed by atoms with Crippen LogP contribution in [0, 0.1) is 0 Å². The Morgan fingerprint density at radius 3 is 2.35 bits per heavy atom. The molecule has 0 atom stereocenters. The third-order valence-electron chi connectivity index (χ3n) is 2.11. The Kier molecular flexibility index (Phi) is 2.60. The van der Waals surface area contributed by atoms with Gasteiger partial charge in [-0.15, -0.1) is 0 Å². The van der Waals surface area contributed by atoms with E-state index < -0.39 is 17.3 Å². The highest BCUT2D eigenvalue weighted by molar-refractivity contribution is 6.31. The van der Waals surface area contributed by atoms with Crippen molar-refractivity contribution in [1.82, 2.24) is 14.8 Å². The van der Waals surface area contributed by atoms with Gasteiger partial charge in [-0.05, 0) is 18.2 Å². The number of nitrogens with one attached hydrogen (secondary N) is 2. The lowest BCUT2D eigenvalue weighted by Crippen LogP contribution is -2.26. The molecule has 0 radical (unpaired) electrons. The zero-order chi connectivity index (χ0) is 12.6. The summed E-state index contributed by atoms with van der Waals surface area (Å²) in [6.45, 7) is 0. The zero-order valence-electron chi connectivity index (χ0n) is 8.23. The fourth-order valence-corrected chi connectivity index (χ4v) is 1.58. The van der Waals surface area contributed by atoms with Crippen molar-refractivity contribution in [2.24, 2.45) is 0 Å². The number of nitrogens with zero attached hydrogens (tertiary/aromatic N) is 1. The predicted octanol–water partition coefficient (Wildman–Crippen LogP) is 0.205. The van der Waals surface area contributed by atoms with Crippen LogP contribution in [-0.2, 0) is 0 Å². The van der Waals surface area contributed by atoms with Gasteiger partial charge in [0, 0.05) is 5.02 Å². The third-order valence-corrected chi connectivity index (χ3v) is 2.35. The van der Waals surface area contributed by atoms with Gasteiger partial charge in [-0.2, -0.15) is 0 Å². The molecule has 0 spiro atoms. The van der Waals surface area contributed by atoms with Gasteiger partial charge >= 0.3 is 17.3 Å². The maximum Gasteiger partial charge on any atom is 0.349 e. The number of carboxylic acids is 1. The average molecular weight is 256 g/mol. The van der Waals surface area contributed by atoms with Gasteiger partial charge in [-0.25, -0.2) is 29.1 Å². The Morgan fingerprint density at radius 2 is 1.82 bits per heavy atom. The lowest BCUT2D eigenvalue weighted by Gasteiger charge is -2.04. The first kappa shape index (κ1) is 11.2. The highest BCUT2D eigenvalue weighted by Crippen LogP contribution is 2.17. The van der Waals surface area contributed by atoms with Crippen LogP contribution >= 0.6 is 11.6 Å². The third kappa shape index (κ3) is 1.87. The Morgan fingerprint density at radius 1 is 1.24 bits per heavy atom. The molecule has 0 saturated heterocycles. The lowest BCUT2D eigenvalue weighted by atomic mass is 10.2. The summed E-state index contributed by atoms with van der Waals surface area (Å²) in [7, 11) is 0. The topological polar surface area (TPSA) is 108 Å². The summed E-state index contributed by atoms with van der Waals surface area (Å²) >= 11 is 5.66. The van der Waals surface area contributed by atoms with Crippen LogP contribution in [0.3, 0.4) is 0 Å². The van der Waals surface area contributed by atoms with Crippen LogP contribution < -0.4 is 11.4 Å². The van der Waals surface area contributed by atoms with E-state index in [-0.39, 0.29) is 16.3 Å². The molecule has 0 unspecified atom stereocenters. The Labute approximate surface area is 98.3 Å². The van der Waals surface area contributed by atoms with Gasteiger partial charge in [0.05, 0.1) is 11.3 Å². The molecule has 0 fully saturated rings. The van der Waals surface area contributed by atoms with E-state index in [4.69, 9.17) is 16.7 Å². The molecule has 0 bridgehead atoms. The van der Waals surface area contributed by atoms with Crippen molar-refractivity contribution in [2.45, 2.75) is 0 Å². The molecule has 1 aromatic heterocycles. The van der Waals surface area contributed by atoms with Crippen molar-refractivity contribution in [3.05, 3.63) is 49.8 Å². The number of benzene rings is 1. The fraction of sp³-hybridized carbons (Fsp3) is 0. The number of halogens is 1. The molecule has 0 aliphatic heterocycles. The normalized spacial score (nSPS) is 10.4. The number of carboxylic acid groups (broad SMARTS) is 1. The number of carbonyl (C=O) groups is 1. The molecule has 0 aliphatic carbocycles. The van der Waals surface area contributed by atoms with Crippen molar-refractivity contribution in [3.63, 3.8) is 0 Å². The van der Waals surface area contributed by atoms with Crippen LogP contribution in [0.4, 0.5) is 0 Å². The molecule has 1 aromatic carbocycles. The lowest BCUT2D eigenvalue weighted by molar-refractivity contribution is 0.0697. The number of aromatic carboxylic acids is 1. The molecular weight excluding hydrogens is 250 g/mol. The quantitative estimate of drug-likeness (QED) is 0.712. The van der Waals surface area contributed by atoms with Crippen molar-refractivity contribution in [1.29, 1.82) is 0 Å². The first-order chi connectivity index (χ1) is 8.00. The van der Waals surface area contributed by atoms with Gasteiger partial charge in [0.1, 0.15) is 0 Å². The average Bonchev–Trinajstić information content (AvgIpc) is 2.59. The molecule has 88 valence electrons. The Hall–Kier alpha value is -2.28. The second-order valence-electron chi connectivity index (χ2n) is 3.16. The fourth-order valence-electron chi connectivity index (χ4n) is 1.40. The van der Waals surface area contributed by atoms with Crippen LogP contribution in [-0.4, -0.2) is 25.8 Å². The molecule has 3 N–H and O–H groups in total. The van der Waals surface area contributed by atoms with Gasteiger partial charge in [0.25, 0.3) is 0 Å². The SMILES string of the molecule is O=C(O)c1cc(Cl)ccc1-n1c(=O)[nH][nH]c1=O. The minimum absolute atomic E-state index is 0.0469. The molecule has 8 heteroatoms. The second kappa shape index (κ2) is 3.95. The van der Waals surface area contributed by atoms with Crippen LogP contribution in [0.25, 0.3) is 5.69 Å². The van der Waals surface area contributed by atoms with Crippen molar-refractivity contribution < 1.29 is 9.90 Å². The molecule has 17 heavy (non-hydrogen) atoms. The molecule has 0 aliphatic rings. The summed E-state index contributed by atoms with van der Waals surface area (Å²) in [6.07, 6.45) is 0. The molecule has 0 saturated carbocycles. The summed E-state index contributed by atoms with van der Waals surface area (Å²) in [5, 5.41) is 13.3. The Bertz CT molecular complexity index is 669. The summed E-state index contributed by atoms with van der Waals surface area (Å²) in [4.78, 5) is 33.7. The number of rotatable bonds is 2. The van der Waals surface area contributed by atoms with Crippen LogP contribution in [0.2, 0.25) is 5.02 Å². The maximum absolute atomic E-state index is 11.4. The smallest absolute Gasteiger partial charge is 0.349 e. The number of H-pyrrole nitrogens is 2. The number of aromatic amines is 2. The van der Waals surface area contributed by atoms with Crippen LogP contribution in [0.1, 0.15) is 10.4 Å². The van der Waals surface area contributed by atoms with Gasteiger partial charge in [0.15, 0.2) is 0 Å². The summed E-state index contributed by atoms with van der Waals surface area (Å²) in [5.41, 5.74) is -1.78. The monoisotopic (exact) mass is 255 g/mol. The van der Waals surface area contributed by atoms with Gasteiger partial charge in [0.2, 0.25) is 0 Å². The van der Waals surface area contributed by atoms with E-state index in [9.17, 15) is 14.4 Å². The van der Waals surface area contributed by atoms with Crippen molar-refractivity contribution in [3.8, 4) is 5.69 Å². The second-order valence-corrected chi connectivity index (χ2v) is 3.60. The van der Waals surface area contributed by atoms with E-state index in [1.807, 2.05) is 0 Å². The van der Waals surface area contributed by atoms with Crippen LogP contribution in [0.15, 0.2) is 27.8 Å². The van der Waals surface area contributed by atoms with E-state index >= 15 is 0 Å². The minimum Gasteiger partial charge on any atom is -0.478 e. The number of hydrogen-bond acceptors (Lipinski definition) is 3. The standard InChI is InChI=1S/C9H6ClN3O4/c10-4-1-2-6(5(3-4)7(14)15)13-8(16)11-12-9(13)17/h1-3H,(H,11,16)(H,12,17)(H,14,15). The summed E-state index contributed by atoms with van der Waals surface area (Å²) in [5.74, 6) is -1.28. The van der Waals surface area contributed by atoms with Gasteiger partial charge in [-0.1, -0.05) is 11.6 Å². The molecular formula is C9H6ClN3O4. The molecule has 0 amide bonds. The summed E-state index contributed by atoms with van der Waals surface area (Å²) in [6, 6.07) is 3.84. The van der Waals surface area contributed by atoms with E-state index in [1.54, 1.807) is 0 Å². The van der Waals surface area contributed by atoms with Crippen molar-refractivity contribution in [2.75, 3.05) is 0 Å². The first-order valence-electron chi connectivity index (χ1n) is 4.43. The zero-order valence-corrected chi connectivity index (χ0v) is 8.99. The Balaban J connectivity index is 2.81. The molecule has 1 heterocycles. The van der Waals surface area contributed by atoms with E-state index in [1.165, 1.54) is 12.1 Å². The number of hydrogen-bond donors (Lipinski definition) is 3. The van der Waals surface area contributed by atoms with E-state index in [0.717, 1.165) is 6.07 Å².